The van der Waals surface area contributed by atoms with Crippen molar-refractivity contribution in [2.75, 3.05) is 0 Å². The number of aryl methyl sites for hydroxylation is 2. The molecule has 0 unspecified atom stereocenters. The zero-order chi connectivity index (χ0) is 13.1. The minimum Gasteiger partial charge on any atom is -0.348 e. The van der Waals surface area contributed by atoms with Gasteiger partial charge in [0.05, 0.1) is 0 Å². The van der Waals surface area contributed by atoms with Crippen molar-refractivity contribution in [3.8, 4) is 0 Å². The molecule has 94 valence electrons. The van der Waals surface area contributed by atoms with Crippen molar-refractivity contribution in [2.24, 2.45) is 0 Å². The van der Waals surface area contributed by atoms with Crippen LogP contribution in [0.15, 0.2) is 30.3 Å². The maximum atomic E-state index is 10.9. The minimum atomic E-state index is 0.766. The van der Waals surface area contributed by atoms with Gasteiger partial charge in [0.1, 0.15) is 0 Å². The van der Waals surface area contributed by atoms with Crippen LogP contribution in [0.3, 0.4) is 0 Å². The smallest absolute Gasteiger partial charge is 0.151 e. The first-order chi connectivity index (χ1) is 8.61. The molecule has 0 aliphatic rings. The first-order valence-corrected chi connectivity index (χ1v) is 6.36. The fourth-order valence-electron chi connectivity index (χ4n) is 2.22. The molecule has 0 atom stereocenters. The summed E-state index contributed by atoms with van der Waals surface area (Å²) in [5.74, 6) is 0. The lowest BCUT2D eigenvalue weighted by atomic mass is 10.1. The normalized spacial score (nSPS) is 10.6. The van der Waals surface area contributed by atoms with E-state index in [1.165, 1.54) is 5.56 Å². The largest absolute Gasteiger partial charge is 0.348 e. The number of aromatic nitrogens is 1. The molecule has 0 N–H and O–H groups in total. The number of hydrogen-bond acceptors (Lipinski definition) is 1. The fraction of sp³-hybridized carbons (Fsp3) is 0.267. The highest BCUT2D eigenvalue weighted by atomic mass is 35.5. The maximum absolute atomic E-state index is 10.9. The number of hydrogen-bond donors (Lipinski definition) is 0. The van der Waals surface area contributed by atoms with Gasteiger partial charge in [-0.2, -0.15) is 0 Å². The number of halogens is 1. The number of carbonyl (C=O) groups excluding carboxylic acids is 1. The van der Waals surface area contributed by atoms with Crippen molar-refractivity contribution in [1.29, 1.82) is 0 Å². The average molecular weight is 262 g/mol. The highest BCUT2D eigenvalue weighted by Crippen LogP contribution is 2.16. The standard InChI is InChI=1S/C15H16ClNO/c1-11-8-14(10-18)12(2)17(11)7-6-13-4-3-5-15(16)9-13/h3-5,8-10H,6-7H2,1-2H3. The summed E-state index contributed by atoms with van der Waals surface area (Å²) in [6, 6.07) is 9.82. The predicted octanol–water partition coefficient (Wildman–Crippen LogP) is 3.81. The predicted molar refractivity (Wildman–Crippen MR) is 74.4 cm³/mol. The molecule has 1 aromatic heterocycles. The van der Waals surface area contributed by atoms with E-state index in [0.717, 1.165) is 41.2 Å². The number of nitrogens with zero attached hydrogens (tertiary/aromatic N) is 1. The Hall–Kier alpha value is -1.54. The van der Waals surface area contributed by atoms with E-state index in [1.807, 2.05) is 38.1 Å². The zero-order valence-electron chi connectivity index (χ0n) is 10.6. The molecule has 0 aliphatic heterocycles. The molecular weight excluding hydrogens is 246 g/mol. The molecule has 2 nitrogen and oxygen atoms in total. The molecule has 1 aromatic carbocycles. The monoisotopic (exact) mass is 261 g/mol. The van der Waals surface area contributed by atoms with E-state index in [9.17, 15) is 4.79 Å². The van der Waals surface area contributed by atoms with Gasteiger partial charge < -0.3 is 4.57 Å². The summed E-state index contributed by atoms with van der Waals surface area (Å²) in [5, 5.41) is 0.766. The molecule has 2 rings (SSSR count). The lowest BCUT2D eigenvalue weighted by Crippen LogP contribution is -2.05. The molecule has 0 bridgehead atoms. The van der Waals surface area contributed by atoms with Gasteiger partial charge >= 0.3 is 0 Å². The van der Waals surface area contributed by atoms with Gasteiger partial charge in [0.25, 0.3) is 0 Å². The van der Waals surface area contributed by atoms with Crippen LogP contribution >= 0.6 is 11.6 Å². The Morgan fingerprint density at radius 3 is 2.67 bits per heavy atom. The maximum Gasteiger partial charge on any atom is 0.151 e. The molecular formula is C15H16ClNO. The third-order valence-corrected chi connectivity index (χ3v) is 3.49. The third-order valence-electron chi connectivity index (χ3n) is 3.25. The van der Waals surface area contributed by atoms with Gasteiger partial charge in [-0.25, -0.2) is 0 Å². The Labute approximate surface area is 112 Å². The van der Waals surface area contributed by atoms with Crippen LogP contribution < -0.4 is 0 Å². The van der Waals surface area contributed by atoms with Crippen LogP contribution in [0.2, 0.25) is 5.02 Å². The van der Waals surface area contributed by atoms with Crippen LogP contribution in [-0.4, -0.2) is 10.9 Å². The molecule has 1 heterocycles. The Morgan fingerprint density at radius 1 is 1.28 bits per heavy atom. The second kappa shape index (κ2) is 5.40. The van der Waals surface area contributed by atoms with Crippen LogP contribution in [0.5, 0.6) is 0 Å². The van der Waals surface area contributed by atoms with Crippen LogP contribution in [0.25, 0.3) is 0 Å². The summed E-state index contributed by atoms with van der Waals surface area (Å²) < 4.78 is 2.17. The van der Waals surface area contributed by atoms with Gasteiger partial charge in [-0.1, -0.05) is 23.7 Å². The topological polar surface area (TPSA) is 22.0 Å². The summed E-state index contributed by atoms with van der Waals surface area (Å²) in [7, 11) is 0. The second-order valence-corrected chi connectivity index (χ2v) is 4.91. The third kappa shape index (κ3) is 2.65. The number of aldehydes is 1. The molecule has 2 aromatic rings. The van der Waals surface area contributed by atoms with E-state index >= 15 is 0 Å². The van der Waals surface area contributed by atoms with Crippen molar-refractivity contribution in [3.05, 3.63) is 57.9 Å². The van der Waals surface area contributed by atoms with Gasteiger partial charge in [0, 0.05) is 28.5 Å². The van der Waals surface area contributed by atoms with Gasteiger partial charge in [0.15, 0.2) is 6.29 Å². The fourth-order valence-corrected chi connectivity index (χ4v) is 2.44. The molecule has 0 radical (unpaired) electrons. The first-order valence-electron chi connectivity index (χ1n) is 5.98. The van der Waals surface area contributed by atoms with Crippen molar-refractivity contribution in [1.82, 2.24) is 4.57 Å². The van der Waals surface area contributed by atoms with Crippen molar-refractivity contribution in [2.45, 2.75) is 26.8 Å². The highest BCUT2D eigenvalue weighted by molar-refractivity contribution is 6.30. The van der Waals surface area contributed by atoms with Gasteiger partial charge in [-0.3, -0.25) is 4.79 Å². The van der Waals surface area contributed by atoms with Gasteiger partial charge in [0.2, 0.25) is 0 Å². The van der Waals surface area contributed by atoms with Crippen LogP contribution in [0.4, 0.5) is 0 Å². The molecule has 3 heteroatoms. The summed E-state index contributed by atoms with van der Waals surface area (Å²) in [6.45, 7) is 4.87. The van der Waals surface area contributed by atoms with Gasteiger partial charge in [-0.05, 0) is 44.0 Å². The van der Waals surface area contributed by atoms with E-state index in [-0.39, 0.29) is 0 Å². The van der Waals surface area contributed by atoms with E-state index < -0.39 is 0 Å². The van der Waals surface area contributed by atoms with Crippen LogP contribution in [-0.2, 0) is 13.0 Å². The number of benzene rings is 1. The van der Waals surface area contributed by atoms with Crippen molar-refractivity contribution < 1.29 is 4.79 Å². The Bertz CT molecular complexity index is 572. The number of carbonyl (C=O) groups is 1. The van der Waals surface area contributed by atoms with Gasteiger partial charge in [-0.15, -0.1) is 0 Å². The van der Waals surface area contributed by atoms with Crippen LogP contribution in [0, 0.1) is 13.8 Å². The minimum absolute atomic E-state index is 0.766. The van der Waals surface area contributed by atoms with Crippen LogP contribution in [0.1, 0.15) is 27.3 Å². The SMILES string of the molecule is Cc1cc(C=O)c(C)n1CCc1cccc(Cl)c1. The number of rotatable bonds is 4. The van der Waals surface area contributed by atoms with E-state index in [0.29, 0.717) is 0 Å². The summed E-state index contributed by atoms with van der Waals surface area (Å²) in [4.78, 5) is 10.9. The lowest BCUT2D eigenvalue weighted by Gasteiger charge is -2.09. The molecule has 18 heavy (non-hydrogen) atoms. The molecule has 0 fully saturated rings. The summed E-state index contributed by atoms with van der Waals surface area (Å²) in [6.07, 6.45) is 1.83. The van der Waals surface area contributed by atoms with Crippen molar-refractivity contribution in [3.63, 3.8) is 0 Å². The van der Waals surface area contributed by atoms with E-state index in [4.69, 9.17) is 11.6 Å². The Morgan fingerprint density at radius 2 is 2.06 bits per heavy atom. The lowest BCUT2D eigenvalue weighted by molar-refractivity contribution is 0.112. The molecule has 0 saturated heterocycles. The van der Waals surface area contributed by atoms with E-state index in [2.05, 4.69) is 10.6 Å². The first kappa shape index (κ1) is 12.9. The Kier molecular flexibility index (Phi) is 3.87. The van der Waals surface area contributed by atoms with Crippen molar-refractivity contribution >= 4 is 17.9 Å². The Balaban J connectivity index is 2.15. The zero-order valence-corrected chi connectivity index (χ0v) is 11.4. The molecule has 0 amide bonds. The van der Waals surface area contributed by atoms with E-state index in [1.54, 1.807) is 0 Å². The molecule has 0 aliphatic carbocycles. The average Bonchev–Trinajstić information content (AvgIpc) is 2.62. The summed E-state index contributed by atoms with van der Waals surface area (Å²) >= 11 is 5.96. The quantitative estimate of drug-likeness (QED) is 0.767. The second-order valence-electron chi connectivity index (χ2n) is 4.48. The molecule has 0 spiro atoms. The molecule has 0 saturated carbocycles. The highest BCUT2D eigenvalue weighted by Gasteiger charge is 2.07. The summed E-state index contributed by atoms with van der Waals surface area (Å²) in [5.41, 5.74) is 4.14.